The number of hydrogen-bond acceptors (Lipinski definition) is 5. The lowest BCUT2D eigenvalue weighted by Gasteiger charge is -2.11. The summed E-state index contributed by atoms with van der Waals surface area (Å²) in [5.74, 6) is 1.85. The van der Waals surface area contributed by atoms with E-state index >= 15 is 0 Å². The minimum atomic E-state index is 0.601. The molecule has 10 aromatic rings. The number of para-hydroxylation sites is 2. The maximum Gasteiger partial charge on any atom is 0.164 e. The first-order valence-electron chi connectivity index (χ1n) is 17.1. The molecule has 0 saturated carbocycles. The van der Waals surface area contributed by atoms with Crippen LogP contribution in [0.3, 0.4) is 0 Å². The van der Waals surface area contributed by atoms with Crippen molar-refractivity contribution in [3.8, 4) is 57.0 Å². The Morgan fingerprint density at radius 2 is 1.02 bits per heavy atom. The normalized spacial score (nSPS) is 11.4. The molecule has 0 atom stereocenters. The number of nitriles is 1. The number of nitrogens with zero attached hydrogens (tertiary/aromatic N) is 5. The van der Waals surface area contributed by atoms with Gasteiger partial charge in [0.2, 0.25) is 0 Å². The van der Waals surface area contributed by atoms with Gasteiger partial charge in [0.1, 0.15) is 11.2 Å². The Hall–Kier alpha value is -7.36. The fraction of sp³-hybridized carbons (Fsp3) is 0. The zero-order valence-electron chi connectivity index (χ0n) is 27.7. The van der Waals surface area contributed by atoms with Gasteiger partial charge in [-0.25, -0.2) is 15.0 Å². The quantitative estimate of drug-likeness (QED) is 0.183. The van der Waals surface area contributed by atoms with Crippen LogP contribution in [0.4, 0.5) is 0 Å². The van der Waals surface area contributed by atoms with Gasteiger partial charge >= 0.3 is 0 Å². The molecular formula is C46H27N5O. The van der Waals surface area contributed by atoms with Crippen molar-refractivity contribution in [3.63, 3.8) is 0 Å². The average Bonchev–Trinajstić information content (AvgIpc) is 3.76. The SMILES string of the molecule is N#Cc1ccc2c(c1)c1cc(-c3cccc4c3oc3ccccc34)ccc1n2-c1ccc(-c2nc(-c3ccccc3)nc(-c3ccccc3)n2)cc1. The van der Waals surface area contributed by atoms with Crippen LogP contribution in [0.1, 0.15) is 5.56 Å². The van der Waals surface area contributed by atoms with Crippen molar-refractivity contribution in [3.05, 3.63) is 169 Å². The maximum atomic E-state index is 9.85. The fourth-order valence-corrected chi connectivity index (χ4v) is 7.21. The summed E-state index contributed by atoms with van der Waals surface area (Å²) in [6.07, 6.45) is 0. The maximum absolute atomic E-state index is 9.85. The largest absolute Gasteiger partial charge is 0.455 e. The summed E-state index contributed by atoms with van der Waals surface area (Å²) in [6.45, 7) is 0. The number of benzene rings is 7. The summed E-state index contributed by atoms with van der Waals surface area (Å²) in [6, 6.07) is 57.5. The lowest BCUT2D eigenvalue weighted by Crippen LogP contribution is -2.00. The van der Waals surface area contributed by atoms with Crippen LogP contribution in [0.25, 0.3) is 94.7 Å². The highest BCUT2D eigenvalue weighted by molar-refractivity contribution is 6.13. The average molecular weight is 666 g/mol. The van der Waals surface area contributed by atoms with Gasteiger partial charge < -0.3 is 8.98 Å². The first kappa shape index (κ1) is 29.5. The molecular weight excluding hydrogens is 639 g/mol. The molecule has 0 spiro atoms. The van der Waals surface area contributed by atoms with E-state index in [1.54, 1.807) is 0 Å². The van der Waals surface area contributed by atoms with Gasteiger partial charge in [-0.2, -0.15) is 5.26 Å². The molecule has 7 aromatic carbocycles. The molecule has 6 heteroatoms. The number of rotatable bonds is 5. The van der Waals surface area contributed by atoms with Gasteiger partial charge in [0.25, 0.3) is 0 Å². The fourth-order valence-electron chi connectivity index (χ4n) is 7.21. The summed E-state index contributed by atoms with van der Waals surface area (Å²) in [4.78, 5) is 14.7. The van der Waals surface area contributed by atoms with Crippen LogP contribution < -0.4 is 0 Å². The Bertz CT molecular complexity index is 2950. The summed E-state index contributed by atoms with van der Waals surface area (Å²) < 4.78 is 8.65. The lowest BCUT2D eigenvalue weighted by molar-refractivity contribution is 0.670. The second kappa shape index (κ2) is 11.9. The minimum Gasteiger partial charge on any atom is -0.455 e. The molecule has 3 heterocycles. The van der Waals surface area contributed by atoms with Crippen LogP contribution in [-0.4, -0.2) is 19.5 Å². The summed E-state index contributed by atoms with van der Waals surface area (Å²) in [5, 5.41) is 14.1. The van der Waals surface area contributed by atoms with E-state index in [9.17, 15) is 5.26 Å². The van der Waals surface area contributed by atoms with Crippen LogP contribution in [-0.2, 0) is 0 Å². The standard InChI is InChI=1S/C46H27N5O/c47-28-29-18-24-40-38(26-29)39-27-33(35-15-9-16-37-36-14-7-8-17-42(36)52-43(35)37)21-25-41(39)51(40)34-22-19-32(20-23-34)46-49-44(30-10-3-1-4-11-30)48-45(50-46)31-12-5-2-6-13-31/h1-27H. The van der Waals surface area contributed by atoms with Crippen LogP contribution >= 0.6 is 0 Å². The molecule has 0 saturated heterocycles. The van der Waals surface area contributed by atoms with Gasteiger partial charge in [-0.15, -0.1) is 0 Å². The second-order valence-corrected chi connectivity index (χ2v) is 12.8. The molecule has 0 aliphatic carbocycles. The van der Waals surface area contributed by atoms with E-state index < -0.39 is 0 Å². The van der Waals surface area contributed by atoms with E-state index in [2.05, 4.69) is 77.4 Å². The molecule has 0 bridgehead atoms. The molecule has 0 N–H and O–H groups in total. The third-order valence-corrected chi connectivity index (χ3v) is 9.69. The van der Waals surface area contributed by atoms with Gasteiger partial charge in [0.05, 0.1) is 22.7 Å². The number of furan rings is 1. The predicted octanol–water partition coefficient (Wildman–Crippen LogP) is 11.4. The van der Waals surface area contributed by atoms with Crippen molar-refractivity contribution >= 4 is 43.7 Å². The summed E-state index contributed by atoms with van der Waals surface area (Å²) >= 11 is 0. The third kappa shape index (κ3) is 4.84. The van der Waals surface area contributed by atoms with Crippen molar-refractivity contribution in [1.29, 1.82) is 5.26 Å². The monoisotopic (exact) mass is 665 g/mol. The Balaban J connectivity index is 1.11. The molecule has 0 aliphatic rings. The highest BCUT2D eigenvalue weighted by Crippen LogP contribution is 2.40. The molecule has 242 valence electrons. The van der Waals surface area contributed by atoms with Gasteiger partial charge in [-0.1, -0.05) is 103 Å². The molecule has 52 heavy (non-hydrogen) atoms. The second-order valence-electron chi connectivity index (χ2n) is 12.8. The summed E-state index contributed by atoms with van der Waals surface area (Å²) in [7, 11) is 0. The van der Waals surface area contributed by atoms with Crippen LogP contribution in [0.15, 0.2) is 168 Å². The predicted molar refractivity (Wildman–Crippen MR) is 208 cm³/mol. The Labute approximate surface area is 298 Å². The van der Waals surface area contributed by atoms with E-state index in [-0.39, 0.29) is 0 Å². The van der Waals surface area contributed by atoms with Gasteiger partial charge in [0, 0.05) is 49.5 Å². The van der Waals surface area contributed by atoms with Crippen LogP contribution in [0.5, 0.6) is 0 Å². The Morgan fingerprint density at radius 1 is 0.462 bits per heavy atom. The molecule has 0 unspecified atom stereocenters. The van der Waals surface area contributed by atoms with Gasteiger partial charge in [-0.05, 0) is 66.2 Å². The smallest absolute Gasteiger partial charge is 0.164 e. The first-order chi connectivity index (χ1) is 25.7. The lowest BCUT2D eigenvalue weighted by atomic mass is 10.00. The third-order valence-electron chi connectivity index (χ3n) is 9.69. The van der Waals surface area contributed by atoms with Gasteiger partial charge in [0.15, 0.2) is 17.5 Å². The highest BCUT2D eigenvalue weighted by atomic mass is 16.3. The Morgan fingerprint density at radius 3 is 1.69 bits per heavy atom. The molecule has 0 radical (unpaired) electrons. The van der Waals surface area contributed by atoms with E-state index in [1.807, 2.05) is 97.1 Å². The van der Waals surface area contributed by atoms with E-state index in [4.69, 9.17) is 19.4 Å². The van der Waals surface area contributed by atoms with E-state index in [1.165, 1.54) is 0 Å². The minimum absolute atomic E-state index is 0.601. The van der Waals surface area contributed by atoms with Crippen molar-refractivity contribution < 1.29 is 4.42 Å². The molecule has 0 amide bonds. The first-order valence-corrected chi connectivity index (χ1v) is 17.1. The van der Waals surface area contributed by atoms with Crippen molar-refractivity contribution in [2.45, 2.75) is 0 Å². The Kier molecular flexibility index (Phi) is 6.76. The zero-order chi connectivity index (χ0) is 34.6. The molecule has 6 nitrogen and oxygen atoms in total. The van der Waals surface area contributed by atoms with Crippen molar-refractivity contribution in [2.75, 3.05) is 0 Å². The van der Waals surface area contributed by atoms with Crippen LogP contribution in [0.2, 0.25) is 0 Å². The molecule has 3 aromatic heterocycles. The van der Waals surface area contributed by atoms with Crippen molar-refractivity contribution in [2.24, 2.45) is 0 Å². The van der Waals surface area contributed by atoms with E-state index in [0.717, 1.165) is 77.2 Å². The molecule has 10 rings (SSSR count). The molecule has 0 aliphatic heterocycles. The van der Waals surface area contributed by atoms with Crippen LogP contribution in [0, 0.1) is 11.3 Å². The van der Waals surface area contributed by atoms with E-state index in [0.29, 0.717) is 23.0 Å². The highest BCUT2D eigenvalue weighted by Gasteiger charge is 2.18. The zero-order valence-corrected chi connectivity index (χ0v) is 27.7. The molecule has 0 fully saturated rings. The topological polar surface area (TPSA) is 80.5 Å². The number of hydrogen-bond donors (Lipinski definition) is 0. The van der Waals surface area contributed by atoms with Crippen molar-refractivity contribution in [1.82, 2.24) is 19.5 Å². The van der Waals surface area contributed by atoms with Gasteiger partial charge in [-0.3, -0.25) is 0 Å². The summed E-state index contributed by atoms with van der Waals surface area (Å²) in [5.41, 5.74) is 10.2. The number of aromatic nitrogens is 4. The number of fused-ring (bicyclic) bond motifs is 6.